The smallest absolute Gasteiger partial charge is 0.147 e. The molecular weight excluding hydrogens is 302 g/mol. The zero-order chi connectivity index (χ0) is 12.3. The first kappa shape index (κ1) is 12.5. The minimum absolute atomic E-state index is 0.473. The summed E-state index contributed by atoms with van der Waals surface area (Å²) in [5.41, 5.74) is 2.06. The molecule has 0 unspecified atom stereocenters. The van der Waals surface area contributed by atoms with Crippen molar-refractivity contribution in [2.24, 2.45) is 0 Å². The van der Waals surface area contributed by atoms with Crippen LogP contribution in [0.1, 0.15) is 24.0 Å². The largest absolute Gasteiger partial charge is 0.265 e. The van der Waals surface area contributed by atoms with E-state index in [2.05, 4.69) is 30.9 Å². The number of pyridine rings is 1. The molecule has 0 radical (unpaired) electrons. The van der Waals surface area contributed by atoms with Crippen molar-refractivity contribution in [3.8, 4) is 0 Å². The zero-order valence-electron chi connectivity index (χ0n) is 9.32. The summed E-state index contributed by atoms with van der Waals surface area (Å²) in [5.74, 6) is 0.737. The molecule has 0 aliphatic carbocycles. The second-order valence-electron chi connectivity index (χ2n) is 3.58. The van der Waals surface area contributed by atoms with Gasteiger partial charge in [-0.1, -0.05) is 18.5 Å². The lowest BCUT2D eigenvalue weighted by Crippen LogP contribution is -2.02. The topological polar surface area (TPSA) is 38.7 Å². The number of hydrogen-bond acceptors (Lipinski definition) is 3. The monoisotopic (exact) mass is 311 g/mol. The second kappa shape index (κ2) is 5.56. The maximum absolute atomic E-state index is 6.05. The van der Waals surface area contributed by atoms with E-state index in [1.807, 2.05) is 19.1 Å². The fourth-order valence-corrected chi connectivity index (χ4v) is 2.17. The van der Waals surface area contributed by atoms with Crippen LogP contribution < -0.4 is 0 Å². The predicted octanol–water partition coefficient (Wildman–Crippen LogP) is 3.44. The Balaban J connectivity index is 2.31. The van der Waals surface area contributed by atoms with Gasteiger partial charge in [0.1, 0.15) is 11.0 Å². The van der Waals surface area contributed by atoms with Gasteiger partial charge in [-0.2, -0.15) is 0 Å². The molecule has 2 aromatic rings. The summed E-state index contributed by atoms with van der Waals surface area (Å²) >= 11 is 9.45. The molecule has 2 heterocycles. The minimum Gasteiger partial charge on any atom is -0.265 e. The van der Waals surface area contributed by atoms with Crippen molar-refractivity contribution in [3.05, 3.63) is 51.2 Å². The molecule has 0 saturated carbocycles. The fourth-order valence-electron chi connectivity index (χ4n) is 1.51. The van der Waals surface area contributed by atoms with Crippen LogP contribution in [0, 0.1) is 0 Å². The molecule has 5 heteroatoms. The van der Waals surface area contributed by atoms with Crippen LogP contribution in [0.15, 0.2) is 29.0 Å². The van der Waals surface area contributed by atoms with Gasteiger partial charge in [0.25, 0.3) is 0 Å². The number of nitrogens with zero attached hydrogens (tertiary/aromatic N) is 3. The molecular formula is C12H11BrClN3. The van der Waals surface area contributed by atoms with Crippen molar-refractivity contribution in [1.29, 1.82) is 0 Å². The quantitative estimate of drug-likeness (QED) is 0.815. The van der Waals surface area contributed by atoms with Gasteiger partial charge < -0.3 is 0 Å². The first-order chi connectivity index (χ1) is 8.20. The van der Waals surface area contributed by atoms with Gasteiger partial charge in [0.05, 0.1) is 10.2 Å². The molecule has 0 N–H and O–H groups in total. The second-order valence-corrected chi connectivity index (χ2v) is 4.73. The summed E-state index contributed by atoms with van der Waals surface area (Å²) in [5, 5.41) is 0.473. The molecule has 2 aromatic heterocycles. The molecule has 3 nitrogen and oxygen atoms in total. The molecule has 88 valence electrons. The maximum Gasteiger partial charge on any atom is 0.147 e. The van der Waals surface area contributed by atoms with Gasteiger partial charge in [-0.25, -0.2) is 9.97 Å². The number of halogens is 2. The molecule has 0 fully saturated rings. The number of aryl methyl sites for hydroxylation is 1. The van der Waals surface area contributed by atoms with E-state index < -0.39 is 0 Å². The van der Waals surface area contributed by atoms with Crippen LogP contribution in [0.4, 0.5) is 0 Å². The predicted molar refractivity (Wildman–Crippen MR) is 71.2 cm³/mol. The highest BCUT2D eigenvalue weighted by molar-refractivity contribution is 9.10. The minimum atomic E-state index is 0.473. The maximum atomic E-state index is 6.05. The Kier molecular flexibility index (Phi) is 4.07. The lowest BCUT2D eigenvalue weighted by Gasteiger charge is -2.06. The zero-order valence-corrected chi connectivity index (χ0v) is 11.7. The summed E-state index contributed by atoms with van der Waals surface area (Å²) < 4.78 is 0.792. The molecule has 17 heavy (non-hydrogen) atoms. The molecule has 0 aliphatic rings. The Morgan fingerprint density at radius 2 is 1.94 bits per heavy atom. The van der Waals surface area contributed by atoms with Crippen LogP contribution in [-0.4, -0.2) is 15.0 Å². The average molecular weight is 313 g/mol. The first-order valence-corrected chi connectivity index (χ1v) is 6.47. The van der Waals surface area contributed by atoms with E-state index in [9.17, 15) is 0 Å². The van der Waals surface area contributed by atoms with Crippen LogP contribution in [0.3, 0.4) is 0 Å². The lowest BCUT2D eigenvalue weighted by atomic mass is 10.2. The summed E-state index contributed by atoms with van der Waals surface area (Å²) in [6.07, 6.45) is 5.02. The molecule has 2 rings (SSSR count). The Bertz CT molecular complexity index is 517. The third kappa shape index (κ3) is 3.01. The molecule has 0 atom stereocenters. The van der Waals surface area contributed by atoms with Gasteiger partial charge >= 0.3 is 0 Å². The highest BCUT2D eigenvalue weighted by Gasteiger charge is 2.09. The number of rotatable bonds is 3. The summed E-state index contributed by atoms with van der Waals surface area (Å²) in [4.78, 5) is 12.7. The highest BCUT2D eigenvalue weighted by Crippen LogP contribution is 2.24. The van der Waals surface area contributed by atoms with Crippen molar-refractivity contribution in [1.82, 2.24) is 15.0 Å². The average Bonchev–Trinajstić information content (AvgIpc) is 2.35. The molecule has 0 amide bonds. The van der Waals surface area contributed by atoms with E-state index in [-0.39, 0.29) is 0 Å². The standard InChI is InChI=1S/C12H11BrClN3/c1-2-9-11(13)12(14)17-10(16-9)7-8-3-5-15-6-4-8/h3-6H,2,7H2,1H3. The van der Waals surface area contributed by atoms with E-state index in [4.69, 9.17) is 11.6 Å². The summed E-state index contributed by atoms with van der Waals surface area (Å²) in [6, 6.07) is 3.90. The summed E-state index contributed by atoms with van der Waals surface area (Å²) in [7, 11) is 0. The van der Waals surface area contributed by atoms with Crippen molar-refractivity contribution in [3.63, 3.8) is 0 Å². The Labute approximate surface area is 113 Å². The van der Waals surface area contributed by atoms with Gasteiger partial charge in [-0.15, -0.1) is 0 Å². The van der Waals surface area contributed by atoms with Crippen LogP contribution >= 0.6 is 27.5 Å². The Morgan fingerprint density at radius 1 is 1.24 bits per heavy atom. The van der Waals surface area contributed by atoms with Crippen molar-refractivity contribution >= 4 is 27.5 Å². The van der Waals surface area contributed by atoms with E-state index in [0.717, 1.165) is 28.0 Å². The number of hydrogen-bond donors (Lipinski definition) is 0. The first-order valence-electron chi connectivity index (χ1n) is 5.30. The van der Waals surface area contributed by atoms with Crippen LogP contribution in [0.5, 0.6) is 0 Å². The molecule has 0 aliphatic heterocycles. The molecule has 0 saturated heterocycles. The summed E-state index contributed by atoms with van der Waals surface area (Å²) in [6.45, 7) is 2.04. The fraction of sp³-hybridized carbons (Fsp3) is 0.250. The third-order valence-electron chi connectivity index (χ3n) is 2.37. The SMILES string of the molecule is CCc1nc(Cc2ccncc2)nc(Cl)c1Br. The van der Waals surface area contributed by atoms with Gasteiger partial charge in [0.2, 0.25) is 0 Å². The van der Waals surface area contributed by atoms with E-state index in [0.29, 0.717) is 11.6 Å². The third-order valence-corrected chi connectivity index (χ3v) is 3.71. The van der Waals surface area contributed by atoms with Crippen LogP contribution in [-0.2, 0) is 12.8 Å². The molecule has 0 bridgehead atoms. The van der Waals surface area contributed by atoms with Crippen molar-refractivity contribution in [2.75, 3.05) is 0 Å². The van der Waals surface area contributed by atoms with E-state index in [1.165, 1.54) is 0 Å². The lowest BCUT2D eigenvalue weighted by molar-refractivity contribution is 0.895. The van der Waals surface area contributed by atoms with Crippen LogP contribution in [0.2, 0.25) is 5.15 Å². The number of aromatic nitrogens is 3. The Hall–Kier alpha value is -1.00. The van der Waals surface area contributed by atoms with Crippen molar-refractivity contribution in [2.45, 2.75) is 19.8 Å². The van der Waals surface area contributed by atoms with Gasteiger partial charge in [-0.3, -0.25) is 4.98 Å². The van der Waals surface area contributed by atoms with E-state index >= 15 is 0 Å². The highest BCUT2D eigenvalue weighted by atomic mass is 79.9. The van der Waals surface area contributed by atoms with E-state index in [1.54, 1.807) is 12.4 Å². The van der Waals surface area contributed by atoms with Gasteiger partial charge in [0, 0.05) is 18.8 Å². The van der Waals surface area contributed by atoms with Gasteiger partial charge in [-0.05, 0) is 40.0 Å². The molecule has 0 spiro atoms. The van der Waals surface area contributed by atoms with Crippen molar-refractivity contribution < 1.29 is 0 Å². The van der Waals surface area contributed by atoms with Crippen LogP contribution in [0.25, 0.3) is 0 Å². The normalized spacial score (nSPS) is 10.5. The molecule has 0 aromatic carbocycles. The van der Waals surface area contributed by atoms with Gasteiger partial charge in [0.15, 0.2) is 0 Å². The Morgan fingerprint density at radius 3 is 2.59 bits per heavy atom.